The molecule has 0 amide bonds. The van der Waals surface area contributed by atoms with Gasteiger partial charge in [0.2, 0.25) is 4.96 Å². The average Bonchev–Trinajstić information content (AvgIpc) is 3.72. The molecule has 204 valence electrons. The van der Waals surface area contributed by atoms with Crippen LogP contribution in [0.15, 0.2) is 83.8 Å². The second-order valence-corrected chi connectivity index (χ2v) is 10.2. The van der Waals surface area contributed by atoms with Gasteiger partial charge in [-0.15, -0.1) is 5.10 Å². The first-order valence-electron chi connectivity index (χ1n) is 12.8. The van der Waals surface area contributed by atoms with E-state index in [1.807, 2.05) is 85.1 Å². The Morgan fingerprint density at radius 2 is 1.73 bits per heavy atom. The molecule has 3 aromatic heterocycles. The second kappa shape index (κ2) is 10.1. The number of fused-ring (bicyclic) bond motifs is 2. The largest absolute Gasteiger partial charge is 0.493 e. The zero-order valence-corrected chi connectivity index (χ0v) is 22.9. The smallest absolute Gasteiger partial charge is 0.291 e. The van der Waals surface area contributed by atoms with Gasteiger partial charge in [0.25, 0.3) is 5.56 Å². The highest BCUT2D eigenvalue weighted by molar-refractivity contribution is 7.15. The lowest BCUT2D eigenvalue weighted by atomic mass is 10.1. The number of methoxy groups -OCH3 is 2. The van der Waals surface area contributed by atoms with Crippen LogP contribution < -0.4 is 29.0 Å². The van der Waals surface area contributed by atoms with E-state index in [-0.39, 0.29) is 12.2 Å². The Bertz CT molecular complexity index is 2000. The van der Waals surface area contributed by atoms with Crippen molar-refractivity contribution in [2.24, 2.45) is 0 Å². The van der Waals surface area contributed by atoms with E-state index < -0.39 is 6.10 Å². The highest BCUT2D eigenvalue weighted by atomic mass is 32.1. The van der Waals surface area contributed by atoms with E-state index in [9.17, 15) is 4.79 Å². The second-order valence-electron chi connectivity index (χ2n) is 9.23. The summed E-state index contributed by atoms with van der Waals surface area (Å²) in [4.78, 5) is 18.5. The van der Waals surface area contributed by atoms with Gasteiger partial charge in [-0.25, -0.2) is 4.68 Å². The molecule has 4 heterocycles. The normalized spacial score (nSPS) is 14.9. The number of hydrogen-bond acceptors (Lipinski definition) is 9. The SMILES string of the molecule is COc1ccc(-c2nn(-c3ccccc3)cc2C=c2sc3nc(C4COc5ccccc5O4)nn3c2=O)cc1OC. The Morgan fingerprint density at radius 3 is 2.51 bits per heavy atom. The molecule has 1 unspecified atom stereocenters. The molecule has 6 aromatic rings. The number of benzene rings is 3. The molecular weight excluding hydrogens is 542 g/mol. The van der Waals surface area contributed by atoms with E-state index in [1.165, 1.54) is 15.9 Å². The van der Waals surface area contributed by atoms with E-state index in [0.29, 0.717) is 44.0 Å². The van der Waals surface area contributed by atoms with E-state index in [1.54, 1.807) is 18.9 Å². The molecule has 1 aliphatic rings. The average molecular weight is 566 g/mol. The standard InChI is InChI=1S/C30H23N5O5S/c1-37-21-13-12-18(14-24(21)38-2)27-19(16-34(32-27)20-8-4-3-5-9-20)15-26-29(36)35-30(41-26)31-28(33-35)25-17-39-22-10-6-7-11-23(22)40-25/h3-16,25H,17H2,1-2H3. The quantitative estimate of drug-likeness (QED) is 0.298. The predicted octanol–water partition coefficient (Wildman–Crippen LogP) is 4.08. The minimum absolute atomic E-state index is 0.259. The van der Waals surface area contributed by atoms with Gasteiger partial charge in [0.05, 0.1) is 24.4 Å². The molecule has 1 aliphatic heterocycles. The van der Waals surface area contributed by atoms with Gasteiger partial charge < -0.3 is 18.9 Å². The van der Waals surface area contributed by atoms with Crippen molar-refractivity contribution in [2.75, 3.05) is 20.8 Å². The molecule has 0 saturated heterocycles. The molecule has 10 nitrogen and oxygen atoms in total. The summed E-state index contributed by atoms with van der Waals surface area (Å²) in [7, 11) is 3.18. The van der Waals surface area contributed by atoms with Crippen molar-refractivity contribution in [1.82, 2.24) is 24.4 Å². The van der Waals surface area contributed by atoms with Gasteiger partial charge in [0, 0.05) is 17.3 Å². The topological polar surface area (TPSA) is 102 Å². The summed E-state index contributed by atoms with van der Waals surface area (Å²) in [6, 6.07) is 22.8. The van der Waals surface area contributed by atoms with Gasteiger partial charge in [-0.1, -0.05) is 41.7 Å². The molecule has 7 rings (SSSR count). The van der Waals surface area contributed by atoms with Crippen molar-refractivity contribution < 1.29 is 18.9 Å². The maximum atomic E-state index is 13.4. The summed E-state index contributed by atoms with van der Waals surface area (Å²) in [6.45, 7) is 0.259. The first-order valence-corrected chi connectivity index (χ1v) is 13.6. The number of hydrogen-bond donors (Lipinski definition) is 0. The minimum atomic E-state index is -0.510. The molecule has 41 heavy (non-hydrogen) atoms. The van der Waals surface area contributed by atoms with Gasteiger partial charge in [-0.05, 0) is 48.5 Å². The highest BCUT2D eigenvalue weighted by Gasteiger charge is 2.27. The number of para-hydroxylation sites is 3. The fourth-order valence-electron chi connectivity index (χ4n) is 4.69. The maximum absolute atomic E-state index is 13.4. The Balaban J connectivity index is 1.30. The summed E-state index contributed by atoms with van der Waals surface area (Å²) in [5.41, 5.74) is 2.86. The molecular formula is C30H23N5O5S. The summed E-state index contributed by atoms with van der Waals surface area (Å²) < 4.78 is 26.3. The van der Waals surface area contributed by atoms with Crippen LogP contribution in [0, 0.1) is 0 Å². The van der Waals surface area contributed by atoms with Crippen LogP contribution in [-0.4, -0.2) is 45.2 Å². The lowest BCUT2D eigenvalue weighted by Crippen LogP contribution is -2.26. The first-order chi connectivity index (χ1) is 20.1. The van der Waals surface area contributed by atoms with E-state index in [0.717, 1.165) is 16.8 Å². The minimum Gasteiger partial charge on any atom is -0.493 e. The van der Waals surface area contributed by atoms with Crippen LogP contribution in [0.4, 0.5) is 0 Å². The zero-order chi connectivity index (χ0) is 27.9. The van der Waals surface area contributed by atoms with Crippen LogP contribution in [-0.2, 0) is 0 Å². The number of rotatable bonds is 6. The first kappa shape index (κ1) is 24.9. The molecule has 0 bridgehead atoms. The van der Waals surface area contributed by atoms with Gasteiger partial charge in [-0.2, -0.15) is 14.6 Å². The van der Waals surface area contributed by atoms with Crippen molar-refractivity contribution in [2.45, 2.75) is 6.10 Å². The number of nitrogens with zero attached hydrogens (tertiary/aromatic N) is 5. The van der Waals surface area contributed by atoms with E-state index in [2.05, 4.69) is 10.1 Å². The van der Waals surface area contributed by atoms with Gasteiger partial charge >= 0.3 is 0 Å². The Kier molecular flexibility index (Phi) is 6.12. The summed E-state index contributed by atoms with van der Waals surface area (Å²) in [5.74, 6) is 2.89. The molecule has 3 aromatic carbocycles. The van der Waals surface area contributed by atoms with Crippen molar-refractivity contribution in [3.63, 3.8) is 0 Å². The van der Waals surface area contributed by atoms with Crippen LogP contribution in [0.25, 0.3) is 28.0 Å². The molecule has 0 N–H and O–H groups in total. The van der Waals surface area contributed by atoms with Gasteiger partial charge in [0.15, 0.2) is 34.9 Å². The third-order valence-electron chi connectivity index (χ3n) is 6.70. The Morgan fingerprint density at radius 1 is 0.951 bits per heavy atom. The van der Waals surface area contributed by atoms with Crippen molar-refractivity contribution in [3.05, 3.63) is 105 Å². The van der Waals surface area contributed by atoms with Gasteiger partial charge in [0.1, 0.15) is 12.3 Å². The van der Waals surface area contributed by atoms with Crippen LogP contribution in [0.1, 0.15) is 17.5 Å². The fraction of sp³-hybridized carbons (Fsp3) is 0.133. The maximum Gasteiger partial charge on any atom is 0.291 e. The van der Waals surface area contributed by atoms with Crippen LogP contribution in [0.5, 0.6) is 23.0 Å². The van der Waals surface area contributed by atoms with Crippen molar-refractivity contribution >= 4 is 22.4 Å². The van der Waals surface area contributed by atoms with Crippen molar-refractivity contribution in [3.8, 4) is 39.9 Å². The lowest BCUT2D eigenvalue weighted by Gasteiger charge is -2.24. The third kappa shape index (κ3) is 4.45. The molecule has 0 saturated carbocycles. The number of ether oxygens (including phenoxy) is 4. The van der Waals surface area contributed by atoms with E-state index >= 15 is 0 Å². The predicted molar refractivity (Wildman–Crippen MR) is 153 cm³/mol. The van der Waals surface area contributed by atoms with Crippen LogP contribution in [0.2, 0.25) is 0 Å². The van der Waals surface area contributed by atoms with Gasteiger partial charge in [-0.3, -0.25) is 4.79 Å². The highest BCUT2D eigenvalue weighted by Crippen LogP contribution is 2.36. The molecule has 1 atom stereocenters. The molecule has 0 aliphatic carbocycles. The Hall–Kier alpha value is -5.16. The third-order valence-corrected chi connectivity index (χ3v) is 7.66. The fourth-order valence-corrected chi connectivity index (χ4v) is 5.59. The van der Waals surface area contributed by atoms with Crippen LogP contribution in [0.3, 0.4) is 0 Å². The summed E-state index contributed by atoms with van der Waals surface area (Å²) in [5, 5.41) is 9.34. The molecule has 0 fully saturated rings. The summed E-state index contributed by atoms with van der Waals surface area (Å²) in [6.07, 6.45) is 3.20. The van der Waals surface area contributed by atoms with E-state index in [4.69, 9.17) is 24.0 Å². The monoisotopic (exact) mass is 565 g/mol. The molecule has 0 radical (unpaired) electrons. The summed E-state index contributed by atoms with van der Waals surface area (Å²) >= 11 is 1.26. The Labute approximate surface area is 237 Å². The zero-order valence-electron chi connectivity index (χ0n) is 22.1. The molecule has 0 spiro atoms. The number of aromatic nitrogens is 5. The number of thiazole rings is 1. The lowest BCUT2D eigenvalue weighted by molar-refractivity contribution is 0.0852. The van der Waals surface area contributed by atoms with Crippen molar-refractivity contribution in [1.29, 1.82) is 0 Å². The van der Waals surface area contributed by atoms with Crippen LogP contribution >= 0.6 is 11.3 Å². The molecule has 11 heteroatoms.